The van der Waals surface area contributed by atoms with Crippen LogP contribution in [0.2, 0.25) is 0 Å². The lowest BCUT2D eigenvalue weighted by Gasteiger charge is -2.25. The Balaban J connectivity index is 1.91. The van der Waals surface area contributed by atoms with Gasteiger partial charge in [-0.2, -0.15) is 0 Å². The largest absolute Gasteiger partial charge is 0.384 e. The maximum atomic E-state index is 5.29. The highest BCUT2D eigenvalue weighted by Gasteiger charge is 2.24. The van der Waals surface area contributed by atoms with E-state index in [4.69, 9.17) is 4.74 Å². The predicted octanol–water partition coefficient (Wildman–Crippen LogP) is 2.70. The Morgan fingerprint density at radius 3 is 2.85 bits per heavy atom. The molecule has 3 heteroatoms. The van der Waals surface area contributed by atoms with E-state index >= 15 is 0 Å². The standard InChI is InChI=1S/C17H28N2O/c1-3-10-18-17(16-7-5-4-6-8-16)13-19-11-9-15(12-19)14-20-2/h4-8,15,17-18H,3,9-14H2,1-2H3. The van der Waals surface area contributed by atoms with Crippen molar-refractivity contribution in [1.82, 2.24) is 10.2 Å². The molecule has 0 amide bonds. The molecule has 2 atom stereocenters. The molecule has 1 N–H and O–H groups in total. The van der Waals surface area contributed by atoms with E-state index in [0.717, 1.165) is 19.7 Å². The Hall–Kier alpha value is -0.900. The number of likely N-dealkylation sites (tertiary alicyclic amines) is 1. The highest BCUT2D eigenvalue weighted by atomic mass is 16.5. The predicted molar refractivity (Wildman–Crippen MR) is 83.9 cm³/mol. The lowest BCUT2D eigenvalue weighted by Crippen LogP contribution is -2.34. The van der Waals surface area contributed by atoms with Crippen LogP contribution in [0.25, 0.3) is 0 Å². The van der Waals surface area contributed by atoms with E-state index in [2.05, 4.69) is 47.5 Å². The van der Waals surface area contributed by atoms with E-state index in [-0.39, 0.29) is 0 Å². The number of methoxy groups -OCH3 is 1. The molecule has 0 saturated carbocycles. The van der Waals surface area contributed by atoms with Gasteiger partial charge in [0.15, 0.2) is 0 Å². The monoisotopic (exact) mass is 276 g/mol. The molecule has 0 spiro atoms. The molecule has 112 valence electrons. The Bertz CT molecular complexity index is 369. The van der Waals surface area contributed by atoms with Crippen LogP contribution in [0, 0.1) is 5.92 Å². The van der Waals surface area contributed by atoms with Crippen molar-refractivity contribution in [3.63, 3.8) is 0 Å². The Morgan fingerprint density at radius 2 is 2.15 bits per heavy atom. The van der Waals surface area contributed by atoms with Gasteiger partial charge in [0.25, 0.3) is 0 Å². The Kier molecular flexibility index (Phi) is 6.51. The zero-order chi connectivity index (χ0) is 14.2. The summed E-state index contributed by atoms with van der Waals surface area (Å²) in [5.74, 6) is 0.711. The van der Waals surface area contributed by atoms with Gasteiger partial charge in [0, 0.05) is 26.2 Å². The van der Waals surface area contributed by atoms with Gasteiger partial charge in [-0.1, -0.05) is 37.3 Å². The first-order chi connectivity index (χ1) is 9.83. The van der Waals surface area contributed by atoms with Crippen LogP contribution in [-0.4, -0.2) is 44.8 Å². The number of benzene rings is 1. The summed E-state index contributed by atoms with van der Waals surface area (Å²) in [6.45, 7) is 7.67. The molecule has 1 fully saturated rings. The second-order valence-electron chi connectivity index (χ2n) is 5.79. The van der Waals surface area contributed by atoms with E-state index in [0.29, 0.717) is 12.0 Å². The zero-order valence-electron chi connectivity index (χ0n) is 12.8. The van der Waals surface area contributed by atoms with Crippen LogP contribution in [0.15, 0.2) is 30.3 Å². The first-order valence-electron chi connectivity index (χ1n) is 7.83. The first kappa shape index (κ1) is 15.5. The number of ether oxygens (including phenoxy) is 1. The van der Waals surface area contributed by atoms with Crippen molar-refractivity contribution < 1.29 is 4.74 Å². The second-order valence-corrected chi connectivity index (χ2v) is 5.79. The fraction of sp³-hybridized carbons (Fsp3) is 0.647. The topological polar surface area (TPSA) is 24.5 Å². The van der Waals surface area contributed by atoms with Crippen molar-refractivity contribution in [2.45, 2.75) is 25.8 Å². The van der Waals surface area contributed by atoms with E-state index in [9.17, 15) is 0 Å². The van der Waals surface area contributed by atoms with Crippen LogP contribution in [0.3, 0.4) is 0 Å². The average molecular weight is 276 g/mol. The van der Waals surface area contributed by atoms with Crippen molar-refractivity contribution in [3.05, 3.63) is 35.9 Å². The molecule has 0 aliphatic carbocycles. The molecular formula is C17H28N2O. The summed E-state index contributed by atoms with van der Waals surface area (Å²) in [6.07, 6.45) is 2.44. The minimum atomic E-state index is 0.442. The smallest absolute Gasteiger partial charge is 0.0503 e. The van der Waals surface area contributed by atoms with Crippen molar-refractivity contribution in [2.24, 2.45) is 5.92 Å². The number of rotatable bonds is 8. The highest BCUT2D eigenvalue weighted by Crippen LogP contribution is 2.21. The van der Waals surface area contributed by atoms with Crippen LogP contribution in [0.5, 0.6) is 0 Å². The highest BCUT2D eigenvalue weighted by molar-refractivity contribution is 5.19. The van der Waals surface area contributed by atoms with Crippen LogP contribution in [-0.2, 0) is 4.74 Å². The number of nitrogens with zero attached hydrogens (tertiary/aromatic N) is 1. The van der Waals surface area contributed by atoms with Crippen molar-refractivity contribution in [3.8, 4) is 0 Å². The molecular weight excluding hydrogens is 248 g/mol. The van der Waals surface area contributed by atoms with Crippen molar-refractivity contribution in [1.29, 1.82) is 0 Å². The fourth-order valence-corrected chi connectivity index (χ4v) is 3.00. The lowest BCUT2D eigenvalue weighted by molar-refractivity contribution is 0.152. The summed E-state index contributed by atoms with van der Waals surface area (Å²) in [5.41, 5.74) is 1.40. The molecule has 20 heavy (non-hydrogen) atoms. The molecule has 1 aromatic carbocycles. The third-order valence-electron chi connectivity index (χ3n) is 4.06. The quantitative estimate of drug-likeness (QED) is 0.790. The van der Waals surface area contributed by atoms with Crippen LogP contribution in [0.1, 0.15) is 31.4 Å². The third kappa shape index (κ3) is 4.58. The molecule has 1 aliphatic heterocycles. The summed E-state index contributed by atoms with van der Waals surface area (Å²) >= 11 is 0. The molecule has 3 nitrogen and oxygen atoms in total. The summed E-state index contributed by atoms with van der Waals surface area (Å²) in [6, 6.07) is 11.3. The summed E-state index contributed by atoms with van der Waals surface area (Å²) in [4.78, 5) is 2.57. The van der Waals surface area contributed by atoms with E-state index in [1.54, 1.807) is 7.11 Å². The Labute approximate surface area is 123 Å². The fourth-order valence-electron chi connectivity index (χ4n) is 3.00. The second kappa shape index (κ2) is 8.40. The summed E-state index contributed by atoms with van der Waals surface area (Å²) < 4.78 is 5.29. The lowest BCUT2D eigenvalue weighted by atomic mass is 10.1. The van der Waals surface area contributed by atoms with Gasteiger partial charge in [-0.3, -0.25) is 0 Å². The Morgan fingerprint density at radius 1 is 1.35 bits per heavy atom. The number of hydrogen-bond donors (Lipinski definition) is 1. The van der Waals surface area contributed by atoms with Gasteiger partial charge in [0.05, 0.1) is 6.61 Å². The minimum Gasteiger partial charge on any atom is -0.384 e. The van der Waals surface area contributed by atoms with Gasteiger partial charge < -0.3 is 15.0 Å². The van der Waals surface area contributed by atoms with Gasteiger partial charge >= 0.3 is 0 Å². The van der Waals surface area contributed by atoms with E-state index < -0.39 is 0 Å². The molecule has 1 aromatic rings. The molecule has 1 aliphatic rings. The van der Waals surface area contributed by atoms with E-state index in [1.165, 1.54) is 31.5 Å². The van der Waals surface area contributed by atoms with Crippen LogP contribution >= 0.6 is 0 Å². The maximum Gasteiger partial charge on any atom is 0.0503 e. The van der Waals surface area contributed by atoms with Gasteiger partial charge in [-0.05, 0) is 37.4 Å². The van der Waals surface area contributed by atoms with Gasteiger partial charge in [-0.25, -0.2) is 0 Å². The molecule has 0 aromatic heterocycles. The SMILES string of the molecule is CCCNC(CN1CCC(COC)C1)c1ccccc1. The molecule has 0 radical (unpaired) electrons. The maximum absolute atomic E-state index is 5.29. The zero-order valence-corrected chi connectivity index (χ0v) is 12.8. The van der Waals surface area contributed by atoms with Crippen molar-refractivity contribution in [2.75, 3.05) is 39.9 Å². The summed E-state index contributed by atoms with van der Waals surface area (Å²) in [5, 5.41) is 3.69. The van der Waals surface area contributed by atoms with Gasteiger partial charge in [0.2, 0.25) is 0 Å². The molecule has 0 bridgehead atoms. The van der Waals surface area contributed by atoms with Gasteiger partial charge in [-0.15, -0.1) is 0 Å². The van der Waals surface area contributed by atoms with Crippen molar-refractivity contribution >= 4 is 0 Å². The minimum absolute atomic E-state index is 0.442. The van der Waals surface area contributed by atoms with Crippen LogP contribution in [0.4, 0.5) is 0 Å². The number of hydrogen-bond acceptors (Lipinski definition) is 3. The molecule has 2 unspecified atom stereocenters. The third-order valence-corrected chi connectivity index (χ3v) is 4.06. The number of nitrogens with one attached hydrogen (secondary N) is 1. The van der Waals surface area contributed by atoms with Crippen LogP contribution < -0.4 is 5.32 Å². The van der Waals surface area contributed by atoms with E-state index in [1.807, 2.05) is 0 Å². The molecule has 1 heterocycles. The first-order valence-corrected chi connectivity index (χ1v) is 7.83. The normalized spacial score (nSPS) is 21.2. The average Bonchev–Trinajstić information content (AvgIpc) is 2.92. The van der Waals surface area contributed by atoms with Gasteiger partial charge in [0.1, 0.15) is 0 Å². The molecule has 1 saturated heterocycles. The molecule has 2 rings (SSSR count). The summed E-state index contributed by atoms with van der Waals surface area (Å²) in [7, 11) is 1.80.